The van der Waals surface area contributed by atoms with Crippen molar-refractivity contribution >= 4 is 16.9 Å². The average molecular weight is 429 g/mol. The second kappa shape index (κ2) is 7.56. The molecular weight excluding hydrogens is 400 g/mol. The highest BCUT2D eigenvalue weighted by atomic mass is 16.5. The highest BCUT2D eigenvalue weighted by Crippen LogP contribution is 2.36. The van der Waals surface area contributed by atoms with Crippen LogP contribution in [0.3, 0.4) is 0 Å². The number of fused-ring (bicyclic) bond motifs is 1. The lowest BCUT2D eigenvalue weighted by Crippen LogP contribution is -2.43. The summed E-state index contributed by atoms with van der Waals surface area (Å²) in [4.78, 5) is 16.7. The van der Waals surface area contributed by atoms with Crippen molar-refractivity contribution in [1.82, 2.24) is 24.7 Å². The minimum absolute atomic E-state index is 0.0324. The fourth-order valence-electron chi connectivity index (χ4n) is 4.28. The summed E-state index contributed by atoms with van der Waals surface area (Å²) in [5.41, 5.74) is 6.30. The Morgan fingerprint density at radius 1 is 1.03 bits per heavy atom. The standard InChI is InChI=1S/C25H28N6O/c1-15-12-30(14-23(32-15)19-11-26-31(13-19)21-8-9-21)22-10-20(7-6-18-4-5-18)29-25-24(22)27-16(2)17(3)28-25/h10-11,13,15,18,21,23H,4-5,8-9,12,14H2,1-3H3/t15-,23-/m1/s1. The van der Waals surface area contributed by atoms with Crippen molar-refractivity contribution in [3.05, 3.63) is 41.1 Å². The van der Waals surface area contributed by atoms with Gasteiger partial charge >= 0.3 is 0 Å². The summed E-state index contributed by atoms with van der Waals surface area (Å²) in [7, 11) is 0. The van der Waals surface area contributed by atoms with Gasteiger partial charge in [-0.15, -0.1) is 0 Å². The SMILES string of the molecule is Cc1nc2nc(C#CC3CC3)cc(N3C[C@@H](C)O[C@@H](c4cnn(C5CC5)c4)C3)c2nc1C. The van der Waals surface area contributed by atoms with Gasteiger partial charge in [0.05, 0.1) is 35.4 Å². The smallest absolute Gasteiger partial charge is 0.181 e. The molecule has 32 heavy (non-hydrogen) atoms. The van der Waals surface area contributed by atoms with Crippen molar-refractivity contribution in [1.29, 1.82) is 0 Å². The Labute approximate surface area is 188 Å². The summed E-state index contributed by atoms with van der Waals surface area (Å²) in [6.45, 7) is 7.64. The van der Waals surface area contributed by atoms with Gasteiger partial charge in [-0.05, 0) is 58.4 Å². The van der Waals surface area contributed by atoms with E-state index in [1.54, 1.807) is 0 Å². The predicted octanol–water partition coefficient (Wildman–Crippen LogP) is 3.90. The van der Waals surface area contributed by atoms with Crippen molar-refractivity contribution in [2.45, 2.75) is 64.7 Å². The first-order valence-electron chi connectivity index (χ1n) is 11.7. The Balaban J connectivity index is 1.39. The monoisotopic (exact) mass is 428 g/mol. The highest BCUT2D eigenvalue weighted by molar-refractivity contribution is 5.87. The van der Waals surface area contributed by atoms with E-state index in [4.69, 9.17) is 19.7 Å². The topological polar surface area (TPSA) is 69.0 Å². The van der Waals surface area contributed by atoms with Crippen LogP contribution in [0, 0.1) is 31.6 Å². The van der Waals surface area contributed by atoms with E-state index in [2.05, 4.69) is 45.7 Å². The van der Waals surface area contributed by atoms with Gasteiger partial charge < -0.3 is 9.64 Å². The lowest BCUT2D eigenvalue weighted by Gasteiger charge is -2.38. The summed E-state index contributed by atoms with van der Waals surface area (Å²) in [6.07, 6.45) is 9.01. The average Bonchev–Trinajstić information content (AvgIpc) is 3.71. The summed E-state index contributed by atoms with van der Waals surface area (Å²) in [5, 5.41) is 4.58. The quantitative estimate of drug-likeness (QED) is 0.590. The molecule has 0 bridgehead atoms. The lowest BCUT2D eigenvalue weighted by atomic mass is 10.1. The minimum atomic E-state index is -0.0324. The summed E-state index contributed by atoms with van der Waals surface area (Å²) in [5.74, 6) is 7.16. The molecule has 3 aromatic heterocycles. The summed E-state index contributed by atoms with van der Waals surface area (Å²) in [6, 6.07) is 2.66. The number of hydrogen-bond acceptors (Lipinski definition) is 6. The van der Waals surface area contributed by atoms with Gasteiger partial charge in [0, 0.05) is 30.8 Å². The van der Waals surface area contributed by atoms with Crippen LogP contribution in [0.25, 0.3) is 11.2 Å². The van der Waals surface area contributed by atoms with Crippen molar-refractivity contribution in [3.8, 4) is 11.8 Å². The molecule has 3 aromatic rings. The molecule has 0 N–H and O–H groups in total. The molecule has 0 unspecified atom stereocenters. The Morgan fingerprint density at radius 2 is 1.84 bits per heavy atom. The summed E-state index contributed by atoms with van der Waals surface area (Å²) < 4.78 is 8.43. The molecule has 2 saturated carbocycles. The van der Waals surface area contributed by atoms with Gasteiger partial charge in [0.25, 0.3) is 0 Å². The highest BCUT2D eigenvalue weighted by Gasteiger charge is 2.31. The molecule has 0 aromatic carbocycles. The number of anilines is 1. The molecule has 164 valence electrons. The van der Waals surface area contributed by atoms with E-state index in [0.29, 0.717) is 17.6 Å². The van der Waals surface area contributed by atoms with Crippen LogP contribution in [0.15, 0.2) is 18.5 Å². The molecular formula is C25H28N6O. The van der Waals surface area contributed by atoms with Crippen LogP contribution in [0.5, 0.6) is 0 Å². The van der Waals surface area contributed by atoms with E-state index in [-0.39, 0.29) is 12.2 Å². The Kier molecular flexibility index (Phi) is 4.65. The van der Waals surface area contributed by atoms with Crippen LogP contribution in [-0.2, 0) is 4.74 Å². The van der Waals surface area contributed by atoms with Crippen molar-refractivity contribution in [2.24, 2.45) is 5.92 Å². The number of morpholine rings is 1. The number of ether oxygens (including phenoxy) is 1. The fraction of sp³-hybridized carbons (Fsp3) is 0.520. The molecule has 7 heteroatoms. The van der Waals surface area contributed by atoms with Crippen LogP contribution >= 0.6 is 0 Å². The maximum absolute atomic E-state index is 6.34. The molecule has 6 rings (SSSR count). The molecule has 2 aliphatic carbocycles. The van der Waals surface area contributed by atoms with Crippen molar-refractivity contribution in [3.63, 3.8) is 0 Å². The zero-order valence-electron chi connectivity index (χ0n) is 18.9. The number of rotatable bonds is 3. The first-order chi connectivity index (χ1) is 15.5. The molecule has 3 fully saturated rings. The van der Waals surface area contributed by atoms with E-state index in [1.165, 1.54) is 25.7 Å². The molecule has 2 atom stereocenters. The van der Waals surface area contributed by atoms with Crippen LogP contribution < -0.4 is 4.90 Å². The van der Waals surface area contributed by atoms with E-state index < -0.39 is 0 Å². The fourth-order valence-corrected chi connectivity index (χ4v) is 4.28. The first kappa shape index (κ1) is 19.7. The van der Waals surface area contributed by atoms with Crippen LogP contribution in [0.1, 0.15) is 67.4 Å². The van der Waals surface area contributed by atoms with E-state index >= 15 is 0 Å². The van der Waals surface area contributed by atoms with E-state index in [1.807, 2.05) is 20.0 Å². The Hall–Kier alpha value is -2.98. The third-order valence-electron chi connectivity index (χ3n) is 6.53. The molecule has 0 spiro atoms. The summed E-state index contributed by atoms with van der Waals surface area (Å²) >= 11 is 0. The van der Waals surface area contributed by atoms with Gasteiger partial charge in [-0.1, -0.05) is 5.92 Å². The van der Waals surface area contributed by atoms with E-state index in [0.717, 1.165) is 46.9 Å². The second-order valence-electron chi connectivity index (χ2n) is 9.46. The van der Waals surface area contributed by atoms with Gasteiger partial charge in [0.2, 0.25) is 0 Å². The maximum Gasteiger partial charge on any atom is 0.181 e. The molecule has 7 nitrogen and oxygen atoms in total. The van der Waals surface area contributed by atoms with Gasteiger partial charge in [0.1, 0.15) is 17.3 Å². The first-order valence-corrected chi connectivity index (χ1v) is 11.7. The molecule has 0 radical (unpaired) electrons. The van der Waals surface area contributed by atoms with Crippen molar-refractivity contribution < 1.29 is 4.74 Å². The molecule has 1 aliphatic heterocycles. The van der Waals surface area contributed by atoms with Crippen LogP contribution in [0.4, 0.5) is 5.69 Å². The van der Waals surface area contributed by atoms with E-state index in [9.17, 15) is 0 Å². The van der Waals surface area contributed by atoms with Crippen molar-refractivity contribution in [2.75, 3.05) is 18.0 Å². The zero-order chi connectivity index (χ0) is 21.8. The Bertz CT molecular complexity index is 1250. The number of hydrogen-bond donors (Lipinski definition) is 0. The number of pyridine rings is 1. The number of aryl methyl sites for hydroxylation is 2. The van der Waals surface area contributed by atoms with Gasteiger partial charge in [-0.2, -0.15) is 5.10 Å². The number of aromatic nitrogens is 5. The predicted molar refractivity (Wildman–Crippen MR) is 122 cm³/mol. The van der Waals surface area contributed by atoms with Crippen LogP contribution in [-0.4, -0.2) is 43.9 Å². The number of nitrogens with zero attached hydrogens (tertiary/aromatic N) is 6. The van der Waals surface area contributed by atoms with Gasteiger partial charge in [0.15, 0.2) is 5.65 Å². The zero-order valence-corrected chi connectivity index (χ0v) is 18.9. The molecule has 3 aliphatic rings. The third-order valence-corrected chi connectivity index (χ3v) is 6.53. The third kappa shape index (κ3) is 3.84. The lowest BCUT2D eigenvalue weighted by molar-refractivity contribution is -0.0173. The van der Waals surface area contributed by atoms with Gasteiger partial charge in [-0.3, -0.25) is 4.68 Å². The normalized spacial score (nSPS) is 23.3. The van der Waals surface area contributed by atoms with Crippen LogP contribution in [0.2, 0.25) is 0 Å². The second-order valence-corrected chi connectivity index (χ2v) is 9.46. The minimum Gasteiger partial charge on any atom is -0.367 e. The van der Waals surface area contributed by atoms with Gasteiger partial charge in [-0.25, -0.2) is 15.0 Å². The molecule has 1 saturated heterocycles. The Morgan fingerprint density at radius 3 is 2.62 bits per heavy atom. The molecule has 0 amide bonds. The molecule has 4 heterocycles. The maximum atomic E-state index is 6.34. The largest absolute Gasteiger partial charge is 0.367 e.